The molecule has 37 heavy (non-hydrogen) atoms. The number of aromatic hydroxyl groups is 1. The van der Waals surface area contributed by atoms with E-state index in [2.05, 4.69) is 4.90 Å². The van der Waals surface area contributed by atoms with Crippen molar-refractivity contribution in [3.63, 3.8) is 0 Å². The Morgan fingerprint density at radius 3 is 2.14 bits per heavy atom. The van der Waals surface area contributed by atoms with E-state index in [1.165, 1.54) is 25.7 Å². The Morgan fingerprint density at radius 2 is 1.59 bits per heavy atom. The summed E-state index contributed by atoms with van der Waals surface area (Å²) in [6.07, 6.45) is 6.47. The standard InChI is InChI=1S/C31H44N2O4/c1-20(2)36-29(35)28(37-30(5,6)7)26-22(4)32-21(3)25(23-10-12-24(34)13-11-23)27(26)33-18-16-31(17-19-33)14-8-9-15-31/h10-13,20,28,34H,8-9,14-19H2,1-7H3. The van der Waals surface area contributed by atoms with E-state index in [1.807, 2.05) is 60.6 Å². The summed E-state index contributed by atoms with van der Waals surface area (Å²) in [5.41, 5.74) is 5.33. The maximum absolute atomic E-state index is 13.6. The number of pyridine rings is 1. The van der Waals surface area contributed by atoms with Crippen LogP contribution >= 0.6 is 0 Å². The number of anilines is 1. The van der Waals surface area contributed by atoms with Gasteiger partial charge in [0.1, 0.15) is 5.75 Å². The molecule has 1 N–H and O–H groups in total. The summed E-state index contributed by atoms with van der Waals surface area (Å²) in [6.45, 7) is 15.5. The van der Waals surface area contributed by atoms with Crippen molar-refractivity contribution in [3.05, 3.63) is 41.2 Å². The number of ether oxygens (including phenoxy) is 2. The summed E-state index contributed by atoms with van der Waals surface area (Å²) in [4.78, 5) is 21.0. The number of nitrogens with zero attached hydrogens (tertiary/aromatic N) is 2. The van der Waals surface area contributed by atoms with Crippen LogP contribution in [0.2, 0.25) is 0 Å². The highest BCUT2D eigenvalue weighted by atomic mass is 16.6. The van der Waals surface area contributed by atoms with E-state index in [-0.39, 0.29) is 17.8 Å². The smallest absolute Gasteiger partial charge is 0.340 e. The number of aryl methyl sites for hydroxylation is 2. The third kappa shape index (κ3) is 6.11. The molecular formula is C31H44N2O4. The number of hydrogen-bond acceptors (Lipinski definition) is 6. The number of phenolic OH excluding ortho intramolecular Hbond substituents is 1. The van der Waals surface area contributed by atoms with E-state index in [0.717, 1.165) is 59.7 Å². The lowest BCUT2D eigenvalue weighted by atomic mass is 9.76. The molecular weight excluding hydrogens is 464 g/mol. The first-order valence-corrected chi connectivity index (χ1v) is 13.8. The fraction of sp³-hybridized carbons (Fsp3) is 0.613. The minimum absolute atomic E-state index is 0.221. The predicted octanol–water partition coefficient (Wildman–Crippen LogP) is 7.04. The van der Waals surface area contributed by atoms with Crippen LogP contribution in [0, 0.1) is 19.3 Å². The Labute approximate surface area is 222 Å². The molecule has 1 aliphatic heterocycles. The van der Waals surface area contributed by atoms with Crippen LogP contribution in [0.1, 0.15) is 96.2 Å². The monoisotopic (exact) mass is 508 g/mol. The Hall–Kier alpha value is -2.60. The SMILES string of the molecule is Cc1nc(C)c(C(OC(C)(C)C)C(=O)OC(C)C)c(N2CCC3(CCCC3)CC2)c1-c1ccc(O)cc1. The van der Waals surface area contributed by atoms with Gasteiger partial charge in [0.15, 0.2) is 6.10 Å². The van der Waals surface area contributed by atoms with Crippen LogP contribution in [0.25, 0.3) is 11.1 Å². The molecule has 1 spiro atoms. The second-order valence-corrected chi connectivity index (χ2v) is 12.3. The zero-order valence-electron chi connectivity index (χ0n) is 23.7. The van der Waals surface area contributed by atoms with Gasteiger partial charge in [-0.1, -0.05) is 25.0 Å². The van der Waals surface area contributed by atoms with Crippen molar-refractivity contribution in [2.75, 3.05) is 18.0 Å². The summed E-state index contributed by atoms with van der Waals surface area (Å²) in [6, 6.07) is 7.27. The third-order valence-electron chi connectivity index (χ3n) is 7.84. The van der Waals surface area contributed by atoms with Crippen LogP contribution in [-0.4, -0.2) is 40.9 Å². The molecule has 0 radical (unpaired) electrons. The lowest BCUT2D eigenvalue weighted by Gasteiger charge is -2.43. The van der Waals surface area contributed by atoms with Gasteiger partial charge in [-0.15, -0.1) is 0 Å². The molecule has 1 saturated heterocycles. The van der Waals surface area contributed by atoms with E-state index in [1.54, 1.807) is 12.1 Å². The van der Waals surface area contributed by atoms with Crippen molar-refractivity contribution < 1.29 is 19.4 Å². The van der Waals surface area contributed by atoms with Gasteiger partial charge in [0.05, 0.1) is 17.4 Å². The molecule has 2 aliphatic rings. The number of piperidine rings is 1. The number of esters is 1. The van der Waals surface area contributed by atoms with Crippen molar-refractivity contribution in [3.8, 4) is 16.9 Å². The summed E-state index contributed by atoms with van der Waals surface area (Å²) >= 11 is 0. The lowest BCUT2D eigenvalue weighted by Crippen LogP contribution is -2.40. The van der Waals surface area contributed by atoms with Crippen LogP contribution in [0.5, 0.6) is 5.75 Å². The molecule has 0 bridgehead atoms. The van der Waals surface area contributed by atoms with Gasteiger partial charge in [-0.3, -0.25) is 4.98 Å². The van der Waals surface area contributed by atoms with Crippen LogP contribution in [0.15, 0.2) is 24.3 Å². The van der Waals surface area contributed by atoms with Gasteiger partial charge in [0, 0.05) is 35.6 Å². The van der Waals surface area contributed by atoms with Crippen LogP contribution in [0.4, 0.5) is 5.69 Å². The summed E-state index contributed by atoms with van der Waals surface area (Å²) in [7, 11) is 0. The third-order valence-corrected chi connectivity index (χ3v) is 7.84. The molecule has 4 rings (SSSR count). The number of aromatic nitrogens is 1. The lowest BCUT2D eigenvalue weighted by molar-refractivity contribution is -0.171. The molecule has 6 nitrogen and oxygen atoms in total. The summed E-state index contributed by atoms with van der Waals surface area (Å²) in [5, 5.41) is 9.97. The van der Waals surface area contributed by atoms with Gasteiger partial charge in [0.25, 0.3) is 0 Å². The van der Waals surface area contributed by atoms with Gasteiger partial charge in [-0.25, -0.2) is 4.79 Å². The average Bonchev–Trinajstić information content (AvgIpc) is 3.26. The number of benzene rings is 1. The molecule has 1 unspecified atom stereocenters. The first kappa shape index (κ1) is 27.4. The summed E-state index contributed by atoms with van der Waals surface area (Å²) in [5.74, 6) is -0.167. The van der Waals surface area contributed by atoms with E-state index in [9.17, 15) is 9.90 Å². The zero-order chi connectivity index (χ0) is 27.0. The van der Waals surface area contributed by atoms with Crippen molar-refractivity contribution in [2.45, 2.75) is 105 Å². The van der Waals surface area contributed by atoms with Gasteiger partial charge in [0.2, 0.25) is 0 Å². The Balaban J connectivity index is 1.90. The molecule has 1 aliphatic carbocycles. The predicted molar refractivity (Wildman–Crippen MR) is 148 cm³/mol. The summed E-state index contributed by atoms with van der Waals surface area (Å²) < 4.78 is 12.2. The fourth-order valence-corrected chi connectivity index (χ4v) is 6.16. The first-order chi connectivity index (χ1) is 17.4. The molecule has 6 heteroatoms. The van der Waals surface area contributed by atoms with E-state index in [0.29, 0.717) is 5.41 Å². The molecule has 2 heterocycles. The number of hydrogen-bond donors (Lipinski definition) is 1. The molecule has 202 valence electrons. The largest absolute Gasteiger partial charge is 0.508 e. The molecule has 1 atom stereocenters. The zero-order valence-corrected chi connectivity index (χ0v) is 23.7. The molecule has 1 aromatic heterocycles. The maximum atomic E-state index is 13.6. The van der Waals surface area contributed by atoms with E-state index < -0.39 is 11.7 Å². The first-order valence-electron chi connectivity index (χ1n) is 13.8. The highest BCUT2D eigenvalue weighted by Crippen LogP contribution is 2.49. The Morgan fingerprint density at radius 1 is 1.00 bits per heavy atom. The quantitative estimate of drug-likeness (QED) is 0.422. The van der Waals surface area contributed by atoms with Crippen molar-refractivity contribution in [1.29, 1.82) is 0 Å². The van der Waals surface area contributed by atoms with Crippen molar-refractivity contribution in [1.82, 2.24) is 4.98 Å². The number of rotatable bonds is 6. The van der Waals surface area contributed by atoms with Crippen molar-refractivity contribution >= 4 is 11.7 Å². The molecule has 2 aromatic rings. The van der Waals surface area contributed by atoms with Crippen LogP contribution < -0.4 is 4.90 Å². The average molecular weight is 509 g/mol. The highest BCUT2D eigenvalue weighted by Gasteiger charge is 2.40. The number of phenols is 1. The molecule has 2 fully saturated rings. The van der Waals surface area contributed by atoms with Gasteiger partial charge in [-0.2, -0.15) is 0 Å². The normalized spacial score (nSPS) is 18.4. The van der Waals surface area contributed by atoms with E-state index in [4.69, 9.17) is 14.5 Å². The Bertz CT molecular complexity index is 1100. The van der Waals surface area contributed by atoms with Gasteiger partial charge >= 0.3 is 5.97 Å². The minimum Gasteiger partial charge on any atom is -0.508 e. The number of carbonyl (C=O) groups excluding carboxylic acids is 1. The minimum atomic E-state index is -0.899. The van der Waals surface area contributed by atoms with Crippen LogP contribution in [-0.2, 0) is 14.3 Å². The maximum Gasteiger partial charge on any atom is 0.340 e. The Kier molecular flexibility index (Phi) is 7.89. The van der Waals surface area contributed by atoms with Gasteiger partial charge < -0.3 is 19.5 Å². The molecule has 0 amide bonds. The van der Waals surface area contributed by atoms with Gasteiger partial charge in [-0.05, 0) is 97.3 Å². The van der Waals surface area contributed by atoms with Crippen LogP contribution in [0.3, 0.4) is 0 Å². The second-order valence-electron chi connectivity index (χ2n) is 12.3. The molecule has 1 aromatic carbocycles. The topological polar surface area (TPSA) is 71.9 Å². The fourth-order valence-electron chi connectivity index (χ4n) is 6.16. The van der Waals surface area contributed by atoms with Crippen molar-refractivity contribution in [2.24, 2.45) is 5.41 Å². The highest BCUT2D eigenvalue weighted by molar-refractivity contribution is 5.88. The van der Waals surface area contributed by atoms with E-state index >= 15 is 0 Å². The molecule has 1 saturated carbocycles. The second kappa shape index (κ2) is 10.6. The number of carbonyl (C=O) groups is 1.